The topological polar surface area (TPSA) is 36.4 Å². The Morgan fingerprint density at radius 3 is 2.44 bits per heavy atom. The smallest absolute Gasteiger partial charge is 0.159 e. The Kier molecular flexibility index (Phi) is 5.10. The molecule has 0 bridgehead atoms. The van der Waals surface area contributed by atoms with Gasteiger partial charge in [0, 0.05) is 54.9 Å². The first-order chi connectivity index (χ1) is 13.1. The predicted molar refractivity (Wildman–Crippen MR) is 111 cm³/mol. The van der Waals surface area contributed by atoms with Gasteiger partial charge in [0.1, 0.15) is 5.15 Å². The maximum atomic E-state index is 11.4. The number of aromatic nitrogens is 1. The number of benzene rings is 2. The minimum absolute atomic E-state index is 0.104. The number of Topliss-reactive ketones (excluding diaryl/α,β-unsaturated/α-hetero) is 1. The normalized spacial score (nSPS) is 15.3. The number of hydrogen-bond donors (Lipinski definition) is 0. The van der Waals surface area contributed by atoms with Gasteiger partial charge in [0.25, 0.3) is 0 Å². The molecular formula is C22H22ClN3O. The Morgan fingerprint density at radius 1 is 1.04 bits per heavy atom. The number of nitrogens with zero attached hydrogens (tertiary/aromatic N) is 3. The van der Waals surface area contributed by atoms with Gasteiger partial charge in [-0.05, 0) is 43.3 Å². The van der Waals surface area contributed by atoms with Gasteiger partial charge in [-0.2, -0.15) is 0 Å². The van der Waals surface area contributed by atoms with E-state index in [4.69, 9.17) is 11.6 Å². The van der Waals surface area contributed by atoms with E-state index < -0.39 is 0 Å². The number of pyridine rings is 1. The molecule has 0 aliphatic carbocycles. The number of piperazine rings is 1. The summed E-state index contributed by atoms with van der Waals surface area (Å²) in [6.45, 7) is 6.26. The summed E-state index contributed by atoms with van der Waals surface area (Å²) < 4.78 is 0. The van der Waals surface area contributed by atoms with Gasteiger partial charge in [-0.3, -0.25) is 9.69 Å². The highest BCUT2D eigenvalue weighted by Crippen LogP contribution is 2.23. The van der Waals surface area contributed by atoms with Crippen molar-refractivity contribution >= 4 is 34.0 Å². The summed E-state index contributed by atoms with van der Waals surface area (Å²) >= 11 is 6.41. The number of carbonyl (C=O) groups is 1. The van der Waals surface area contributed by atoms with Crippen molar-refractivity contribution in [2.24, 2.45) is 0 Å². The Morgan fingerprint density at radius 2 is 1.74 bits per heavy atom. The largest absolute Gasteiger partial charge is 0.369 e. The fourth-order valence-electron chi connectivity index (χ4n) is 3.56. The fraction of sp³-hybridized carbons (Fsp3) is 0.273. The summed E-state index contributed by atoms with van der Waals surface area (Å²) in [6, 6.07) is 18.1. The first-order valence-electron chi connectivity index (χ1n) is 9.22. The quantitative estimate of drug-likeness (QED) is 0.497. The van der Waals surface area contributed by atoms with Crippen molar-refractivity contribution in [2.75, 3.05) is 31.1 Å². The van der Waals surface area contributed by atoms with Gasteiger partial charge in [0.2, 0.25) is 0 Å². The molecule has 2 aromatic carbocycles. The average Bonchev–Trinajstić information content (AvgIpc) is 2.69. The third-order valence-electron chi connectivity index (χ3n) is 5.16. The molecule has 27 heavy (non-hydrogen) atoms. The maximum absolute atomic E-state index is 11.4. The monoisotopic (exact) mass is 379 g/mol. The Bertz CT molecular complexity index is 963. The van der Waals surface area contributed by atoms with Crippen LogP contribution in [0.4, 0.5) is 5.69 Å². The number of fused-ring (bicyclic) bond motifs is 1. The van der Waals surface area contributed by atoms with Crippen molar-refractivity contribution in [1.29, 1.82) is 0 Å². The number of para-hydroxylation sites is 1. The van der Waals surface area contributed by atoms with Crippen molar-refractivity contribution in [2.45, 2.75) is 13.5 Å². The second kappa shape index (κ2) is 7.67. The van der Waals surface area contributed by atoms with Crippen LogP contribution in [0.3, 0.4) is 0 Å². The minimum Gasteiger partial charge on any atom is -0.369 e. The van der Waals surface area contributed by atoms with Crippen molar-refractivity contribution in [3.05, 3.63) is 70.9 Å². The van der Waals surface area contributed by atoms with Crippen LogP contribution in [-0.4, -0.2) is 41.8 Å². The molecule has 5 heteroatoms. The van der Waals surface area contributed by atoms with Crippen LogP contribution >= 0.6 is 11.6 Å². The molecule has 0 saturated carbocycles. The second-order valence-corrected chi connectivity index (χ2v) is 7.36. The van der Waals surface area contributed by atoms with Crippen molar-refractivity contribution in [3.8, 4) is 0 Å². The number of hydrogen-bond acceptors (Lipinski definition) is 4. The maximum Gasteiger partial charge on any atom is 0.159 e. The summed E-state index contributed by atoms with van der Waals surface area (Å²) in [5, 5.41) is 1.72. The predicted octanol–water partition coefficient (Wildman–Crippen LogP) is 4.41. The Labute approximate surface area is 164 Å². The molecule has 0 amide bonds. The van der Waals surface area contributed by atoms with Crippen molar-refractivity contribution < 1.29 is 4.79 Å². The number of rotatable bonds is 4. The molecule has 2 heterocycles. The van der Waals surface area contributed by atoms with Crippen LogP contribution in [0.1, 0.15) is 22.8 Å². The summed E-state index contributed by atoms with van der Waals surface area (Å²) in [6.07, 6.45) is 0. The molecule has 0 unspecified atom stereocenters. The molecule has 1 saturated heterocycles. The van der Waals surface area contributed by atoms with Crippen LogP contribution in [0.5, 0.6) is 0 Å². The van der Waals surface area contributed by atoms with Gasteiger partial charge in [-0.1, -0.05) is 29.8 Å². The number of halogens is 1. The fourth-order valence-corrected chi connectivity index (χ4v) is 3.76. The highest BCUT2D eigenvalue weighted by atomic mass is 35.5. The van der Waals surface area contributed by atoms with Crippen molar-refractivity contribution in [3.63, 3.8) is 0 Å². The lowest BCUT2D eigenvalue weighted by molar-refractivity contribution is 0.101. The van der Waals surface area contributed by atoms with E-state index in [-0.39, 0.29) is 5.78 Å². The van der Waals surface area contributed by atoms with E-state index in [2.05, 4.69) is 26.9 Å². The summed E-state index contributed by atoms with van der Waals surface area (Å²) in [5.74, 6) is 0.104. The van der Waals surface area contributed by atoms with Gasteiger partial charge < -0.3 is 4.90 Å². The first kappa shape index (κ1) is 18.0. The zero-order chi connectivity index (χ0) is 18.8. The lowest BCUT2D eigenvalue weighted by atomic mass is 10.1. The minimum atomic E-state index is 0.104. The van der Waals surface area contributed by atoms with Crippen LogP contribution in [0.2, 0.25) is 5.15 Å². The molecule has 0 spiro atoms. The summed E-state index contributed by atoms with van der Waals surface area (Å²) in [5.41, 5.74) is 3.94. The Hall–Kier alpha value is -2.43. The lowest BCUT2D eigenvalue weighted by Crippen LogP contribution is -2.46. The van der Waals surface area contributed by atoms with E-state index in [1.807, 2.05) is 42.5 Å². The molecule has 0 atom stereocenters. The highest BCUT2D eigenvalue weighted by molar-refractivity contribution is 6.30. The van der Waals surface area contributed by atoms with Crippen LogP contribution in [0.25, 0.3) is 10.9 Å². The van der Waals surface area contributed by atoms with E-state index in [9.17, 15) is 4.79 Å². The van der Waals surface area contributed by atoms with Crippen molar-refractivity contribution in [1.82, 2.24) is 9.88 Å². The number of ketones is 1. The van der Waals surface area contributed by atoms with Crippen LogP contribution < -0.4 is 4.90 Å². The highest BCUT2D eigenvalue weighted by Gasteiger charge is 2.19. The first-order valence-corrected chi connectivity index (χ1v) is 9.60. The van der Waals surface area contributed by atoms with E-state index in [1.54, 1.807) is 6.92 Å². The van der Waals surface area contributed by atoms with Crippen LogP contribution in [0, 0.1) is 0 Å². The van der Waals surface area contributed by atoms with E-state index in [1.165, 1.54) is 5.69 Å². The van der Waals surface area contributed by atoms with Gasteiger partial charge >= 0.3 is 0 Å². The molecule has 1 aromatic heterocycles. The Balaban J connectivity index is 1.41. The van der Waals surface area contributed by atoms with Crippen LogP contribution in [0.15, 0.2) is 54.6 Å². The molecule has 1 fully saturated rings. The van der Waals surface area contributed by atoms with E-state index >= 15 is 0 Å². The van der Waals surface area contributed by atoms with E-state index in [0.29, 0.717) is 5.15 Å². The van der Waals surface area contributed by atoms with Gasteiger partial charge in [-0.25, -0.2) is 4.98 Å². The molecule has 138 valence electrons. The molecule has 1 aliphatic heterocycles. The standard InChI is InChI=1S/C22H22ClN3O/c1-16(27)17-6-8-20(9-7-17)26-12-10-25(11-13-26)15-19-14-18-4-2-3-5-21(18)24-22(19)23/h2-9,14H,10-13,15H2,1H3. The molecule has 0 radical (unpaired) electrons. The number of carbonyl (C=O) groups excluding carboxylic acids is 1. The third-order valence-corrected chi connectivity index (χ3v) is 5.48. The van der Waals surface area contributed by atoms with E-state index in [0.717, 1.165) is 54.8 Å². The third kappa shape index (κ3) is 3.97. The molecule has 3 aromatic rings. The number of anilines is 1. The molecule has 1 aliphatic rings. The SMILES string of the molecule is CC(=O)c1ccc(N2CCN(Cc3cc4ccccc4nc3Cl)CC2)cc1. The molecule has 4 nitrogen and oxygen atoms in total. The van der Waals surface area contributed by atoms with Gasteiger partial charge in [0.15, 0.2) is 5.78 Å². The summed E-state index contributed by atoms with van der Waals surface area (Å²) in [7, 11) is 0. The molecular weight excluding hydrogens is 358 g/mol. The zero-order valence-electron chi connectivity index (χ0n) is 15.4. The summed E-state index contributed by atoms with van der Waals surface area (Å²) in [4.78, 5) is 20.7. The zero-order valence-corrected chi connectivity index (χ0v) is 16.1. The molecule has 0 N–H and O–H groups in total. The molecule has 4 rings (SSSR count). The average molecular weight is 380 g/mol. The lowest BCUT2D eigenvalue weighted by Gasteiger charge is -2.36. The van der Waals surface area contributed by atoms with Gasteiger partial charge in [-0.15, -0.1) is 0 Å². The van der Waals surface area contributed by atoms with Gasteiger partial charge in [0.05, 0.1) is 5.52 Å². The second-order valence-electron chi connectivity index (χ2n) is 7.00. The van der Waals surface area contributed by atoms with Crippen LogP contribution in [-0.2, 0) is 6.54 Å².